The Hall–Kier alpha value is -2.04. The van der Waals surface area contributed by atoms with E-state index < -0.39 is 5.97 Å². The van der Waals surface area contributed by atoms with Gasteiger partial charge in [0.1, 0.15) is 12.2 Å². The minimum Gasteiger partial charge on any atom is -0.494 e. The van der Waals surface area contributed by atoms with Crippen molar-refractivity contribution >= 4 is 17.6 Å². The molecule has 23 heavy (non-hydrogen) atoms. The van der Waals surface area contributed by atoms with Crippen molar-refractivity contribution in [1.29, 1.82) is 0 Å². The molecule has 0 aliphatic heterocycles. The number of carbonyl (C=O) groups excluding carboxylic acids is 2. The summed E-state index contributed by atoms with van der Waals surface area (Å²) in [4.78, 5) is 22.6. The molecule has 1 aliphatic rings. The molecule has 5 heteroatoms. The standard InChI is InChI=1S/C18H25NO4/c1-22-18(21)13-17(20)19-15-7-9-16(10-8-15)23-12-11-14-5-3-2-4-6-14/h7-10,14H,2-6,11-13H2,1H3,(H,19,20). The monoisotopic (exact) mass is 319 g/mol. The first-order valence-corrected chi connectivity index (χ1v) is 8.27. The van der Waals surface area contributed by atoms with Gasteiger partial charge in [-0.1, -0.05) is 32.1 Å². The van der Waals surface area contributed by atoms with Gasteiger partial charge < -0.3 is 14.8 Å². The molecule has 1 saturated carbocycles. The first-order valence-electron chi connectivity index (χ1n) is 8.27. The van der Waals surface area contributed by atoms with E-state index in [0.29, 0.717) is 5.69 Å². The maximum atomic E-state index is 11.6. The summed E-state index contributed by atoms with van der Waals surface area (Å²) >= 11 is 0. The smallest absolute Gasteiger partial charge is 0.315 e. The molecule has 0 heterocycles. The molecule has 0 atom stereocenters. The molecule has 0 radical (unpaired) electrons. The van der Waals surface area contributed by atoms with E-state index in [4.69, 9.17) is 4.74 Å². The molecule has 1 aromatic rings. The van der Waals surface area contributed by atoms with Crippen molar-refractivity contribution in [2.75, 3.05) is 19.0 Å². The van der Waals surface area contributed by atoms with Crippen molar-refractivity contribution in [1.82, 2.24) is 0 Å². The van der Waals surface area contributed by atoms with Gasteiger partial charge in [-0.25, -0.2) is 0 Å². The Morgan fingerprint density at radius 3 is 2.48 bits per heavy atom. The van der Waals surface area contributed by atoms with Crippen LogP contribution in [0, 0.1) is 5.92 Å². The van der Waals surface area contributed by atoms with Gasteiger partial charge in [0.05, 0.1) is 13.7 Å². The van der Waals surface area contributed by atoms with Crippen LogP contribution >= 0.6 is 0 Å². The molecular weight excluding hydrogens is 294 g/mol. The lowest BCUT2D eigenvalue weighted by Gasteiger charge is -2.21. The second-order valence-corrected chi connectivity index (χ2v) is 5.97. The first-order chi connectivity index (χ1) is 11.2. The van der Waals surface area contributed by atoms with Crippen LogP contribution in [0.3, 0.4) is 0 Å². The highest BCUT2D eigenvalue weighted by atomic mass is 16.5. The molecule has 1 aliphatic carbocycles. The van der Waals surface area contributed by atoms with E-state index in [2.05, 4.69) is 10.1 Å². The van der Waals surface area contributed by atoms with Crippen LogP contribution in [0.5, 0.6) is 5.75 Å². The lowest BCUT2D eigenvalue weighted by atomic mass is 9.87. The second kappa shape index (κ2) is 9.18. The lowest BCUT2D eigenvalue weighted by molar-refractivity contribution is -0.142. The zero-order valence-corrected chi connectivity index (χ0v) is 13.7. The predicted octanol–water partition coefficient (Wildman–Crippen LogP) is 3.54. The van der Waals surface area contributed by atoms with E-state index in [1.807, 2.05) is 12.1 Å². The topological polar surface area (TPSA) is 64.6 Å². The minimum atomic E-state index is -0.551. The number of hydrogen-bond donors (Lipinski definition) is 1. The largest absolute Gasteiger partial charge is 0.494 e. The zero-order chi connectivity index (χ0) is 16.5. The summed E-state index contributed by atoms with van der Waals surface area (Å²) in [7, 11) is 1.26. The number of nitrogens with one attached hydrogen (secondary N) is 1. The van der Waals surface area contributed by atoms with Crippen molar-refractivity contribution in [2.24, 2.45) is 5.92 Å². The number of hydrogen-bond acceptors (Lipinski definition) is 4. The Morgan fingerprint density at radius 2 is 1.83 bits per heavy atom. The number of rotatable bonds is 7. The highest BCUT2D eigenvalue weighted by Crippen LogP contribution is 2.26. The Kier molecular flexibility index (Phi) is 6.91. The molecule has 5 nitrogen and oxygen atoms in total. The lowest BCUT2D eigenvalue weighted by Crippen LogP contribution is -2.17. The third kappa shape index (κ3) is 6.30. The van der Waals surface area contributed by atoms with Gasteiger partial charge >= 0.3 is 5.97 Å². The Balaban J connectivity index is 1.71. The summed E-state index contributed by atoms with van der Waals surface area (Å²) in [5.41, 5.74) is 0.638. The van der Waals surface area contributed by atoms with E-state index in [0.717, 1.165) is 24.7 Å². The number of amides is 1. The van der Waals surface area contributed by atoms with Crippen molar-refractivity contribution in [3.8, 4) is 5.75 Å². The van der Waals surface area contributed by atoms with Gasteiger partial charge in [-0.05, 0) is 36.6 Å². The number of benzene rings is 1. The number of methoxy groups -OCH3 is 1. The molecule has 0 saturated heterocycles. The predicted molar refractivity (Wildman–Crippen MR) is 88.4 cm³/mol. The normalized spacial score (nSPS) is 15.0. The first kappa shape index (κ1) is 17.3. The maximum absolute atomic E-state index is 11.6. The Morgan fingerprint density at radius 1 is 1.13 bits per heavy atom. The van der Waals surface area contributed by atoms with Crippen LogP contribution in [0.15, 0.2) is 24.3 Å². The third-order valence-electron chi connectivity index (χ3n) is 4.19. The molecule has 0 bridgehead atoms. The van der Waals surface area contributed by atoms with Gasteiger partial charge in [0.25, 0.3) is 0 Å². The van der Waals surface area contributed by atoms with Gasteiger partial charge in [-0.15, -0.1) is 0 Å². The maximum Gasteiger partial charge on any atom is 0.315 e. The molecule has 1 amide bonds. The second-order valence-electron chi connectivity index (χ2n) is 5.97. The fraction of sp³-hybridized carbons (Fsp3) is 0.556. The van der Waals surface area contributed by atoms with Gasteiger partial charge in [0.2, 0.25) is 5.91 Å². The molecule has 1 N–H and O–H groups in total. The van der Waals surface area contributed by atoms with Gasteiger partial charge in [-0.3, -0.25) is 9.59 Å². The number of ether oxygens (including phenoxy) is 2. The van der Waals surface area contributed by atoms with Crippen molar-refractivity contribution < 1.29 is 19.1 Å². The van der Waals surface area contributed by atoms with E-state index in [1.54, 1.807) is 12.1 Å². The number of anilines is 1. The van der Waals surface area contributed by atoms with Crippen LogP contribution in [0.25, 0.3) is 0 Å². The molecule has 126 valence electrons. The van der Waals surface area contributed by atoms with Crippen LogP contribution in [0.4, 0.5) is 5.69 Å². The summed E-state index contributed by atoms with van der Waals surface area (Å²) < 4.78 is 10.2. The van der Waals surface area contributed by atoms with Gasteiger partial charge in [0, 0.05) is 5.69 Å². The highest BCUT2D eigenvalue weighted by Gasteiger charge is 2.13. The van der Waals surface area contributed by atoms with E-state index in [1.165, 1.54) is 39.2 Å². The van der Waals surface area contributed by atoms with Crippen molar-refractivity contribution in [3.05, 3.63) is 24.3 Å². The average Bonchev–Trinajstić information content (AvgIpc) is 2.57. The summed E-state index contributed by atoms with van der Waals surface area (Å²) in [5, 5.41) is 2.65. The fourth-order valence-electron chi connectivity index (χ4n) is 2.86. The van der Waals surface area contributed by atoms with Crippen LogP contribution < -0.4 is 10.1 Å². The summed E-state index contributed by atoms with van der Waals surface area (Å²) in [5.74, 6) is 0.667. The molecule has 2 rings (SSSR count). The highest BCUT2D eigenvalue weighted by molar-refractivity contribution is 6.01. The van der Waals surface area contributed by atoms with Crippen molar-refractivity contribution in [2.45, 2.75) is 44.9 Å². The minimum absolute atomic E-state index is 0.282. The van der Waals surface area contributed by atoms with E-state index in [-0.39, 0.29) is 12.3 Å². The van der Waals surface area contributed by atoms with Crippen LogP contribution in [-0.2, 0) is 14.3 Å². The summed E-state index contributed by atoms with van der Waals surface area (Å²) in [6.07, 6.45) is 7.56. The third-order valence-corrected chi connectivity index (χ3v) is 4.19. The van der Waals surface area contributed by atoms with Crippen molar-refractivity contribution in [3.63, 3.8) is 0 Å². The summed E-state index contributed by atoms with van der Waals surface area (Å²) in [6, 6.07) is 7.19. The number of esters is 1. The molecule has 1 aromatic carbocycles. The van der Waals surface area contributed by atoms with E-state index in [9.17, 15) is 9.59 Å². The average molecular weight is 319 g/mol. The molecule has 0 spiro atoms. The fourth-order valence-corrected chi connectivity index (χ4v) is 2.86. The SMILES string of the molecule is COC(=O)CC(=O)Nc1ccc(OCCC2CCCCC2)cc1. The molecular formula is C18H25NO4. The molecule has 0 unspecified atom stereocenters. The Bertz CT molecular complexity index is 506. The van der Waals surface area contributed by atoms with Crippen LogP contribution in [-0.4, -0.2) is 25.6 Å². The van der Waals surface area contributed by atoms with Crippen LogP contribution in [0.2, 0.25) is 0 Å². The Labute approximate surface area is 137 Å². The molecule has 0 aromatic heterocycles. The number of carbonyl (C=O) groups is 2. The zero-order valence-electron chi connectivity index (χ0n) is 13.7. The quantitative estimate of drug-likeness (QED) is 0.617. The molecule has 1 fully saturated rings. The van der Waals surface area contributed by atoms with Gasteiger partial charge in [0.15, 0.2) is 0 Å². The summed E-state index contributed by atoms with van der Waals surface area (Å²) in [6.45, 7) is 0.735. The van der Waals surface area contributed by atoms with E-state index >= 15 is 0 Å². The van der Waals surface area contributed by atoms with Gasteiger partial charge in [-0.2, -0.15) is 0 Å². The van der Waals surface area contributed by atoms with Crippen LogP contribution in [0.1, 0.15) is 44.9 Å².